The highest BCUT2D eigenvalue weighted by Crippen LogP contribution is 2.23. The number of carbonyl (C=O) groups excluding carboxylic acids is 1. The average molecular weight is 1140 g/mol. The van der Waals surface area contributed by atoms with Crippen molar-refractivity contribution in [1.82, 2.24) is 5.32 Å². The van der Waals surface area contributed by atoms with Crippen LogP contribution in [-0.4, -0.2) is 87.5 Å². The van der Waals surface area contributed by atoms with E-state index in [4.69, 9.17) is 9.47 Å². The Bertz CT molecular complexity index is 1850. The second kappa shape index (κ2) is 60.0. The van der Waals surface area contributed by atoms with E-state index in [1.165, 1.54) is 89.9 Å². The molecule has 9 nitrogen and oxygen atoms in total. The molecule has 1 amide bonds. The van der Waals surface area contributed by atoms with Crippen molar-refractivity contribution >= 4 is 5.91 Å². The molecule has 1 aliphatic heterocycles. The van der Waals surface area contributed by atoms with Gasteiger partial charge in [-0.15, -0.1) is 0 Å². The summed E-state index contributed by atoms with van der Waals surface area (Å²) in [4.78, 5) is 13.1. The number of ether oxygens (including phenoxy) is 2. The number of aliphatic hydroxyl groups excluding tert-OH is 5. The van der Waals surface area contributed by atoms with Crippen LogP contribution in [0.25, 0.3) is 0 Å². The second-order valence-corrected chi connectivity index (χ2v) is 21.8. The van der Waals surface area contributed by atoms with E-state index in [0.717, 1.165) is 128 Å². The zero-order valence-corrected chi connectivity index (χ0v) is 51.7. The van der Waals surface area contributed by atoms with Crippen LogP contribution in [0.4, 0.5) is 0 Å². The van der Waals surface area contributed by atoms with Gasteiger partial charge in [0.25, 0.3) is 0 Å². The molecular weight excluding hydrogens is 1020 g/mol. The Morgan fingerprint density at radius 2 is 0.768 bits per heavy atom. The number of hydrogen-bond acceptors (Lipinski definition) is 8. The maximum Gasteiger partial charge on any atom is 0.220 e. The monoisotopic (exact) mass is 1140 g/mol. The molecule has 1 fully saturated rings. The molecule has 0 aromatic carbocycles. The Morgan fingerprint density at radius 3 is 1.17 bits per heavy atom. The van der Waals surface area contributed by atoms with Gasteiger partial charge in [0, 0.05) is 6.42 Å². The van der Waals surface area contributed by atoms with Crippen LogP contribution in [-0.2, 0) is 14.3 Å². The smallest absolute Gasteiger partial charge is 0.220 e. The Hall–Kier alpha value is -4.19. The van der Waals surface area contributed by atoms with Crippen molar-refractivity contribution in [3.8, 4) is 0 Å². The quantitative estimate of drug-likeness (QED) is 0.0261. The summed E-state index contributed by atoms with van der Waals surface area (Å²) in [5, 5.41) is 54.6. The molecule has 464 valence electrons. The number of carbonyl (C=O) groups is 1. The lowest BCUT2D eigenvalue weighted by atomic mass is 9.99. The van der Waals surface area contributed by atoms with Gasteiger partial charge in [0.2, 0.25) is 5.91 Å². The van der Waals surface area contributed by atoms with Gasteiger partial charge >= 0.3 is 0 Å². The molecule has 0 aromatic rings. The van der Waals surface area contributed by atoms with E-state index >= 15 is 0 Å². The number of allylic oxidation sites excluding steroid dienone is 25. The van der Waals surface area contributed by atoms with Gasteiger partial charge in [0.05, 0.1) is 25.4 Å². The first-order chi connectivity index (χ1) is 40.3. The summed E-state index contributed by atoms with van der Waals surface area (Å²) in [5.74, 6) is -0.202. The first kappa shape index (κ1) is 75.8. The van der Waals surface area contributed by atoms with Gasteiger partial charge in [-0.05, 0) is 122 Å². The summed E-state index contributed by atoms with van der Waals surface area (Å²) >= 11 is 0. The first-order valence-corrected chi connectivity index (χ1v) is 32.7. The number of aliphatic hydroxyl groups is 5. The summed E-state index contributed by atoms with van der Waals surface area (Å²) in [6.07, 6.45) is 87.5. The second-order valence-electron chi connectivity index (χ2n) is 21.8. The van der Waals surface area contributed by atoms with Crippen molar-refractivity contribution in [3.05, 3.63) is 158 Å². The summed E-state index contributed by atoms with van der Waals surface area (Å²) in [6, 6.07) is -0.842. The molecule has 0 bridgehead atoms. The number of unbranched alkanes of at least 4 members (excludes halogenated alkanes) is 20. The number of amides is 1. The lowest BCUT2D eigenvalue weighted by molar-refractivity contribution is -0.302. The summed E-state index contributed by atoms with van der Waals surface area (Å²) < 4.78 is 11.3. The van der Waals surface area contributed by atoms with E-state index < -0.39 is 49.5 Å². The molecule has 7 atom stereocenters. The van der Waals surface area contributed by atoms with Crippen molar-refractivity contribution in [1.29, 1.82) is 0 Å². The highest BCUT2D eigenvalue weighted by Gasteiger charge is 2.44. The van der Waals surface area contributed by atoms with E-state index in [-0.39, 0.29) is 12.5 Å². The minimum absolute atomic E-state index is 0.202. The molecule has 9 heteroatoms. The van der Waals surface area contributed by atoms with Crippen LogP contribution in [0.1, 0.15) is 239 Å². The van der Waals surface area contributed by atoms with Crippen LogP contribution in [0.15, 0.2) is 158 Å². The third kappa shape index (κ3) is 48.2. The zero-order chi connectivity index (χ0) is 59.3. The number of nitrogens with one attached hydrogen (secondary N) is 1. The maximum atomic E-state index is 13.1. The fourth-order valence-electron chi connectivity index (χ4n) is 9.22. The van der Waals surface area contributed by atoms with Gasteiger partial charge in [-0.25, -0.2) is 0 Å². The van der Waals surface area contributed by atoms with Gasteiger partial charge in [-0.1, -0.05) is 268 Å². The standard InChI is InChI=1S/C73H119NO8/c1-3-5-7-9-11-13-15-17-19-21-23-24-25-26-27-28-29-30-31-32-33-34-35-36-37-38-39-40-41-42-43-44-45-47-49-51-53-55-57-59-61-63-69(77)74-66(65-81-73-72(80)71(79)70(78)68(64-75)82-73)67(76)62-60-58-56-54-52-50-48-46-22-20-18-16-14-12-10-8-6-4-2/h5,7,11,13,17,19,22-24,26-27,29-30,32-33,35-36,38-39,41-42,46,52,54,60,62,66-68,70-73,75-76,78-80H,3-4,6,8-10,12,14-16,18,20-21,25,28,31,34,37,40,43-45,47-51,53,55-59,61,63-65H2,1-2H3,(H,74,77)/b7-5-,13-11-,19-17-,24-23-,27-26-,30-29-,33-32-,36-35-,39-38-,42-41-,46-22+,54-52+,62-60+. The third-order valence-corrected chi connectivity index (χ3v) is 14.3. The Kier molecular flexibility index (Phi) is 55.4. The van der Waals surface area contributed by atoms with Gasteiger partial charge in [0.1, 0.15) is 24.4 Å². The third-order valence-electron chi connectivity index (χ3n) is 14.3. The van der Waals surface area contributed by atoms with E-state index in [0.29, 0.717) is 6.42 Å². The Balaban J connectivity index is 2.17. The SMILES string of the molecule is CC/C=C\C/C=C\C/C=C\C/C=C\C/C=C\C/C=C\C/C=C\C/C=C\C/C=C\C/C=C\CCCCCCCCCCCCC(=O)NC(COC1OC(CO)C(O)C(O)C1O)C(O)/C=C/CC/C=C/CC/C=C/CCCCCCCCCC. The predicted octanol–water partition coefficient (Wildman–Crippen LogP) is 17.6. The normalized spacial score (nSPS) is 19.4. The highest BCUT2D eigenvalue weighted by atomic mass is 16.7. The van der Waals surface area contributed by atoms with Crippen LogP contribution in [0.2, 0.25) is 0 Å². The van der Waals surface area contributed by atoms with Gasteiger partial charge in [0.15, 0.2) is 6.29 Å². The fourth-order valence-corrected chi connectivity index (χ4v) is 9.22. The van der Waals surface area contributed by atoms with Crippen LogP contribution in [0.5, 0.6) is 0 Å². The van der Waals surface area contributed by atoms with Gasteiger partial charge in [-0.2, -0.15) is 0 Å². The first-order valence-electron chi connectivity index (χ1n) is 32.7. The maximum absolute atomic E-state index is 13.1. The summed E-state index contributed by atoms with van der Waals surface area (Å²) in [5.41, 5.74) is 0. The van der Waals surface area contributed by atoms with Crippen LogP contribution in [0.3, 0.4) is 0 Å². The van der Waals surface area contributed by atoms with Gasteiger partial charge < -0.3 is 40.3 Å². The summed E-state index contributed by atoms with van der Waals surface area (Å²) in [7, 11) is 0. The highest BCUT2D eigenvalue weighted by molar-refractivity contribution is 5.76. The lowest BCUT2D eigenvalue weighted by Gasteiger charge is -2.40. The van der Waals surface area contributed by atoms with Crippen molar-refractivity contribution in [2.45, 2.75) is 281 Å². The van der Waals surface area contributed by atoms with Crippen molar-refractivity contribution in [3.63, 3.8) is 0 Å². The topological polar surface area (TPSA) is 149 Å². The largest absolute Gasteiger partial charge is 0.394 e. The molecular formula is C73H119NO8. The minimum atomic E-state index is -1.58. The van der Waals surface area contributed by atoms with E-state index in [9.17, 15) is 30.3 Å². The van der Waals surface area contributed by atoms with E-state index in [1.807, 2.05) is 6.08 Å². The molecule has 0 aromatic heterocycles. The van der Waals surface area contributed by atoms with Crippen LogP contribution < -0.4 is 5.32 Å². The molecule has 6 N–H and O–H groups in total. The number of hydrogen-bond donors (Lipinski definition) is 6. The average Bonchev–Trinajstić information content (AvgIpc) is 3.57. The zero-order valence-electron chi connectivity index (χ0n) is 51.7. The molecule has 82 heavy (non-hydrogen) atoms. The summed E-state index contributed by atoms with van der Waals surface area (Å²) in [6.45, 7) is 3.63. The van der Waals surface area contributed by atoms with Crippen molar-refractivity contribution in [2.75, 3.05) is 13.2 Å². The van der Waals surface area contributed by atoms with E-state index in [2.05, 4.69) is 165 Å². The molecule has 1 aliphatic rings. The van der Waals surface area contributed by atoms with E-state index in [1.54, 1.807) is 6.08 Å². The molecule has 0 radical (unpaired) electrons. The molecule has 0 saturated carbocycles. The molecule has 0 spiro atoms. The minimum Gasteiger partial charge on any atom is -0.394 e. The van der Waals surface area contributed by atoms with Crippen LogP contribution >= 0.6 is 0 Å². The molecule has 1 heterocycles. The fraction of sp³-hybridized carbons (Fsp3) is 0.630. The van der Waals surface area contributed by atoms with Crippen molar-refractivity contribution < 1.29 is 39.8 Å². The van der Waals surface area contributed by atoms with Crippen LogP contribution in [0, 0.1) is 0 Å². The molecule has 1 rings (SSSR count). The molecule has 7 unspecified atom stereocenters. The molecule has 0 aliphatic carbocycles. The lowest BCUT2D eigenvalue weighted by Crippen LogP contribution is -2.60. The van der Waals surface area contributed by atoms with Crippen molar-refractivity contribution in [2.24, 2.45) is 0 Å². The number of rotatable bonds is 54. The Morgan fingerprint density at radius 1 is 0.427 bits per heavy atom. The van der Waals surface area contributed by atoms with Gasteiger partial charge in [-0.3, -0.25) is 4.79 Å². The Labute approximate surface area is 501 Å². The molecule has 1 saturated heterocycles. The predicted molar refractivity (Wildman–Crippen MR) is 349 cm³/mol.